The van der Waals surface area contributed by atoms with Crippen LogP contribution in [0.3, 0.4) is 0 Å². The van der Waals surface area contributed by atoms with E-state index in [9.17, 15) is 5.11 Å². The van der Waals surface area contributed by atoms with Gasteiger partial charge in [0.05, 0.1) is 12.2 Å². The molecule has 21 heavy (non-hydrogen) atoms. The maximum Gasteiger partial charge on any atom is 0.119 e. The van der Waals surface area contributed by atoms with Crippen molar-refractivity contribution in [2.75, 3.05) is 6.54 Å². The number of aliphatic hydroxyl groups is 1. The summed E-state index contributed by atoms with van der Waals surface area (Å²) in [6.45, 7) is 6.79. The minimum atomic E-state index is -0.479. The first kappa shape index (κ1) is 16.3. The first-order valence-electron chi connectivity index (χ1n) is 8.15. The van der Waals surface area contributed by atoms with Gasteiger partial charge >= 0.3 is 0 Å². The quantitative estimate of drug-likeness (QED) is 0.841. The summed E-state index contributed by atoms with van der Waals surface area (Å²) in [4.78, 5) is 0. The molecule has 1 saturated carbocycles. The normalized spacial score (nSPS) is 27.0. The zero-order valence-corrected chi connectivity index (χ0v) is 13.5. The summed E-state index contributed by atoms with van der Waals surface area (Å²) in [7, 11) is 0. The highest BCUT2D eigenvalue weighted by Crippen LogP contribution is 2.50. The minimum Gasteiger partial charge on any atom is -0.491 e. The Morgan fingerprint density at radius 3 is 2.48 bits per heavy atom. The number of nitrogens with two attached hydrogens (primary N) is 1. The van der Waals surface area contributed by atoms with Crippen LogP contribution < -0.4 is 10.5 Å². The molecule has 0 aliphatic heterocycles. The van der Waals surface area contributed by atoms with Crippen molar-refractivity contribution in [1.29, 1.82) is 0 Å². The highest BCUT2D eigenvalue weighted by molar-refractivity contribution is 5.30. The van der Waals surface area contributed by atoms with Crippen molar-refractivity contribution in [3.63, 3.8) is 0 Å². The second kappa shape index (κ2) is 6.80. The summed E-state index contributed by atoms with van der Waals surface area (Å²) < 4.78 is 5.65. The van der Waals surface area contributed by atoms with E-state index in [1.807, 2.05) is 38.1 Å². The number of hydrogen-bond acceptors (Lipinski definition) is 3. The molecule has 1 aliphatic rings. The number of aliphatic hydroxyl groups excluding tert-OH is 1. The van der Waals surface area contributed by atoms with Crippen LogP contribution in [0.2, 0.25) is 0 Å². The van der Waals surface area contributed by atoms with Crippen molar-refractivity contribution in [2.24, 2.45) is 17.1 Å². The Bertz CT molecular complexity index is 443. The van der Waals surface area contributed by atoms with E-state index >= 15 is 0 Å². The molecule has 0 spiro atoms. The lowest BCUT2D eigenvalue weighted by atomic mass is 9.76. The number of benzene rings is 1. The third-order valence-corrected chi connectivity index (χ3v) is 4.88. The monoisotopic (exact) mass is 291 g/mol. The summed E-state index contributed by atoms with van der Waals surface area (Å²) >= 11 is 0. The highest BCUT2D eigenvalue weighted by Gasteiger charge is 2.43. The molecule has 1 aliphatic carbocycles. The molecule has 0 aromatic heterocycles. The second-order valence-corrected chi connectivity index (χ2v) is 6.72. The Morgan fingerprint density at radius 2 is 2.00 bits per heavy atom. The molecular weight excluding hydrogens is 262 g/mol. The molecule has 3 unspecified atom stereocenters. The van der Waals surface area contributed by atoms with Crippen LogP contribution >= 0.6 is 0 Å². The van der Waals surface area contributed by atoms with Gasteiger partial charge in [0.1, 0.15) is 5.75 Å². The molecule has 2 rings (SSSR count). The van der Waals surface area contributed by atoms with Gasteiger partial charge in [0.15, 0.2) is 0 Å². The van der Waals surface area contributed by atoms with Crippen LogP contribution in [0.15, 0.2) is 24.3 Å². The molecule has 3 N–H and O–H groups in total. The lowest BCUT2D eigenvalue weighted by Crippen LogP contribution is -2.34. The number of hydrogen-bond donors (Lipinski definition) is 2. The van der Waals surface area contributed by atoms with Crippen molar-refractivity contribution < 1.29 is 9.84 Å². The van der Waals surface area contributed by atoms with Gasteiger partial charge < -0.3 is 15.6 Å². The zero-order valence-electron chi connectivity index (χ0n) is 13.5. The molecule has 0 amide bonds. The topological polar surface area (TPSA) is 55.5 Å². The molecule has 0 saturated heterocycles. The van der Waals surface area contributed by atoms with Crippen molar-refractivity contribution in [2.45, 2.75) is 58.7 Å². The predicted octanol–water partition coefficient (Wildman–Crippen LogP) is 3.66. The van der Waals surface area contributed by atoms with Gasteiger partial charge in [-0.2, -0.15) is 0 Å². The van der Waals surface area contributed by atoms with E-state index in [0.29, 0.717) is 12.5 Å². The van der Waals surface area contributed by atoms with Crippen LogP contribution in [0.25, 0.3) is 0 Å². The Balaban J connectivity index is 2.13. The molecule has 0 radical (unpaired) electrons. The van der Waals surface area contributed by atoms with E-state index < -0.39 is 6.10 Å². The van der Waals surface area contributed by atoms with Crippen molar-refractivity contribution in [3.8, 4) is 5.75 Å². The fourth-order valence-electron chi connectivity index (χ4n) is 3.52. The molecule has 3 heteroatoms. The molecule has 1 aromatic rings. The van der Waals surface area contributed by atoms with Gasteiger partial charge in [-0.05, 0) is 56.7 Å². The summed E-state index contributed by atoms with van der Waals surface area (Å²) in [5.74, 6) is 1.55. The lowest BCUT2D eigenvalue weighted by Gasteiger charge is -2.34. The maximum absolute atomic E-state index is 10.8. The van der Waals surface area contributed by atoms with E-state index in [2.05, 4.69) is 6.92 Å². The van der Waals surface area contributed by atoms with Gasteiger partial charge in [0.2, 0.25) is 0 Å². The Morgan fingerprint density at radius 1 is 1.33 bits per heavy atom. The summed E-state index contributed by atoms with van der Waals surface area (Å²) in [5.41, 5.74) is 6.84. The van der Waals surface area contributed by atoms with E-state index in [1.54, 1.807) is 0 Å². The Hall–Kier alpha value is -1.06. The minimum absolute atomic E-state index is 0.152. The molecule has 1 aromatic carbocycles. The smallest absolute Gasteiger partial charge is 0.119 e. The third-order valence-electron chi connectivity index (χ3n) is 4.88. The van der Waals surface area contributed by atoms with Gasteiger partial charge in [-0.1, -0.05) is 25.5 Å². The molecule has 0 bridgehead atoms. The largest absolute Gasteiger partial charge is 0.491 e. The molecule has 118 valence electrons. The molecular formula is C18H29NO2. The SMILES string of the molecule is CCC1CCC(CN)(C(O)c2ccc(OC(C)C)cc2)C1. The van der Waals surface area contributed by atoms with Crippen LogP contribution in [0.5, 0.6) is 5.75 Å². The fraction of sp³-hybridized carbons (Fsp3) is 0.667. The van der Waals surface area contributed by atoms with Crippen molar-refractivity contribution in [3.05, 3.63) is 29.8 Å². The standard InChI is InChI=1S/C18H29NO2/c1-4-14-9-10-18(11-14,12-19)17(20)15-5-7-16(8-6-15)21-13(2)3/h5-8,13-14,17,20H,4,9-12,19H2,1-3H3. The first-order chi connectivity index (χ1) is 10.0. The van der Waals surface area contributed by atoms with Crippen LogP contribution in [0.4, 0.5) is 0 Å². The zero-order chi connectivity index (χ0) is 15.5. The van der Waals surface area contributed by atoms with Gasteiger partial charge in [0.25, 0.3) is 0 Å². The van der Waals surface area contributed by atoms with E-state index in [-0.39, 0.29) is 11.5 Å². The predicted molar refractivity (Wildman–Crippen MR) is 86.3 cm³/mol. The van der Waals surface area contributed by atoms with Crippen molar-refractivity contribution in [1.82, 2.24) is 0 Å². The molecule has 0 heterocycles. The summed E-state index contributed by atoms with van der Waals surface area (Å²) in [5, 5.41) is 10.8. The van der Waals surface area contributed by atoms with Crippen LogP contribution in [0.1, 0.15) is 58.1 Å². The number of rotatable bonds is 6. The second-order valence-electron chi connectivity index (χ2n) is 6.72. The molecule has 3 nitrogen and oxygen atoms in total. The fourth-order valence-corrected chi connectivity index (χ4v) is 3.52. The van der Waals surface area contributed by atoms with Crippen LogP contribution in [0, 0.1) is 11.3 Å². The van der Waals surface area contributed by atoms with Gasteiger partial charge in [-0.15, -0.1) is 0 Å². The Labute approximate surface area is 128 Å². The van der Waals surface area contributed by atoms with Crippen molar-refractivity contribution >= 4 is 0 Å². The molecule has 3 atom stereocenters. The summed E-state index contributed by atoms with van der Waals surface area (Å²) in [6, 6.07) is 7.82. The first-order valence-corrected chi connectivity index (χ1v) is 8.15. The van der Waals surface area contributed by atoms with Gasteiger partial charge in [0, 0.05) is 12.0 Å². The van der Waals surface area contributed by atoms with Crippen LogP contribution in [-0.4, -0.2) is 17.8 Å². The lowest BCUT2D eigenvalue weighted by molar-refractivity contribution is 0.0301. The number of ether oxygens (including phenoxy) is 1. The highest BCUT2D eigenvalue weighted by atomic mass is 16.5. The van der Waals surface area contributed by atoms with Gasteiger partial charge in [-0.25, -0.2) is 0 Å². The Kier molecular flexibility index (Phi) is 5.28. The van der Waals surface area contributed by atoms with Crippen LogP contribution in [-0.2, 0) is 0 Å². The third kappa shape index (κ3) is 3.58. The average molecular weight is 291 g/mol. The van der Waals surface area contributed by atoms with Gasteiger partial charge in [-0.3, -0.25) is 0 Å². The van der Waals surface area contributed by atoms with E-state index in [0.717, 1.165) is 24.2 Å². The van der Waals surface area contributed by atoms with E-state index in [1.165, 1.54) is 12.8 Å². The maximum atomic E-state index is 10.8. The summed E-state index contributed by atoms with van der Waals surface area (Å²) in [6.07, 6.45) is 4.09. The molecule has 1 fully saturated rings. The average Bonchev–Trinajstić information content (AvgIpc) is 2.91. The van der Waals surface area contributed by atoms with E-state index in [4.69, 9.17) is 10.5 Å².